The first-order valence-corrected chi connectivity index (χ1v) is 19.6. The summed E-state index contributed by atoms with van der Waals surface area (Å²) in [5.41, 5.74) is 3.61. The van der Waals surface area contributed by atoms with E-state index in [1.54, 1.807) is 0 Å². The highest BCUT2D eigenvalue weighted by molar-refractivity contribution is 5.95. The van der Waals surface area contributed by atoms with Gasteiger partial charge in [-0.2, -0.15) is 0 Å². The molecule has 2 N–H and O–H groups in total. The number of esters is 1. The highest BCUT2D eigenvalue weighted by Gasteiger charge is 2.56. The topological polar surface area (TPSA) is 107 Å². The largest absolute Gasteiger partial charge is 0.456 e. The van der Waals surface area contributed by atoms with Crippen molar-refractivity contribution in [1.29, 1.82) is 0 Å². The molecule has 2 saturated carbocycles. The Labute approximate surface area is 299 Å². The average molecular weight is 692 g/mol. The maximum atomic E-state index is 14.2. The molecule has 1 amide bonds. The van der Waals surface area contributed by atoms with Gasteiger partial charge in [-0.3, -0.25) is 4.79 Å². The number of amides is 1. The van der Waals surface area contributed by atoms with Gasteiger partial charge in [-0.1, -0.05) is 83.2 Å². The third-order valence-electron chi connectivity index (χ3n) is 12.4. The second-order valence-electron chi connectivity index (χ2n) is 16.5. The van der Waals surface area contributed by atoms with Crippen molar-refractivity contribution in [3.05, 3.63) is 52.6 Å². The Balaban J connectivity index is 1.25. The van der Waals surface area contributed by atoms with Crippen LogP contribution in [0.5, 0.6) is 0 Å². The first-order chi connectivity index (χ1) is 24.0. The fourth-order valence-electron chi connectivity index (χ4n) is 9.30. The molecule has 0 radical (unpaired) electrons. The van der Waals surface area contributed by atoms with E-state index < -0.39 is 30.1 Å². The van der Waals surface area contributed by atoms with Gasteiger partial charge in [0.05, 0.1) is 23.9 Å². The molecular weight excluding hydrogens is 630 g/mol. The molecule has 4 fully saturated rings. The van der Waals surface area contributed by atoms with Gasteiger partial charge in [0.15, 0.2) is 5.79 Å². The number of aliphatic hydroxyl groups excluding tert-OH is 1. The summed E-state index contributed by atoms with van der Waals surface area (Å²) in [4.78, 5) is 27.4. The molecule has 2 heterocycles. The third-order valence-corrected chi connectivity index (χ3v) is 12.4. The number of rotatable bonds is 14. The van der Waals surface area contributed by atoms with Gasteiger partial charge in [0.25, 0.3) is 0 Å². The van der Waals surface area contributed by atoms with Crippen LogP contribution in [0.15, 0.2) is 41.5 Å². The summed E-state index contributed by atoms with van der Waals surface area (Å²) in [5, 5.41) is 12.1. The van der Waals surface area contributed by atoms with Crippen molar-refractivity contribution in [3.8, 4) is 0 Å². The molecule has 7 unspecified atom stereocenters. The molecule has 1 aromatic carbocycles. The predicted octanol–water partition coefficient (Wildman–Crippen LogP) is 8.07. The number of allylic oxidation sites excluding steroid dienone is 1. The van der Waals surface area contributed by atoms with E-state index in [1.165, 1.54) is 5.57 Å². The number of nitrogens with one attached hydrogen (secondary N) is 1. The number of hydrogen-bond acceptors (Lipinski definition) is 7. The second kappa shape index (κ2) is 15.6. The smallest absolute Gasteiger partial charge is 0.339 e. The fraction of sp³-hybridized carbons (Fsp3) is 0.714. The number of unbranched alkanes of at least 4 members (excludes halogenated alkanes) is 4. The average Bonchev–Trinajstić information content (AvgIpc) is 3.57. The van der Waals surface area contributed by atoms with Gasteiger partial charge in [0.1, 0.15) is 18.3 Å². The molecule has 8 heteroatoms. The van der Waals surface area contributed by atoms with Crippen LogP contribution >= 0.6 is 0 Å². The second-order valence-corrected chi connectivity index (χ2v) is 16.5. The van der Waals surface area contributed by atoms with Crippen LogP contribution in [-0.2, 0) is 23.7 Å². The molecule has 7 atom stereocenters. The lowest BCUT2D eigenvalue weighted by Crippen LogP contribution is -2.45. The van der Waals surface area contributed by atoms with Crippen molar-refractivity contribution >= 4 is 18.0 Å². The van der Waals surface area contributed by atoms with Crippen molar-refractivity contribution in [1.82, 2.24) is 5.32 Å². The number of carbonyl (C=O) groups is 2. The highest BCUT2D eigenvalue weighted by atomic mass is 16.8. The molecular formula is C42H61NO7. The Morgan fingerprint density at radius 1 is 1.00 bits per heavy atom. The minimum atomic E-state index is -0.772. The van der Waals surface area contributed by atoms with E-state index in [0.29, 0.717) is 34.5 Å². The normalized spacial score (nSPS) is 33.0. The monoisotopic (exact) mass is 691 g/mol. The van der Waals surface area contributed by atoms with Gasteiger partial charge in [0, 0.05) is 31.4 Å². The van der Waals surface area contributed by atoms with E-state index in [4.69, 9.17) is 18.9 Å². The molecule has 50 heavy (non-hydrogen) atoms. The zero-order chi connectivity index (χ0) is 35.5. The Bertz CT molecular complexity index is 1420. The minimum absolute atomic E-state index is 0.0170. The van der Waals surface area contributed by atoms with Gasteiger partial charge in [-0.25, -0.2) is 4.79 Å². The van der Waals surface area contributed by atoms with Crippen LogP contribution in [0, 0.1) is 17.3 Å². The predicted molar refractivity (Wildman–Crippen MR) is 194 cm³/mol. The Hall–Kier alpha value is -2.52. The number of aliphatic hydroxyl groups is 1. The van der Waals surface area contributed by atoms with Crippen molar-refractivity contribution in [2.24, 2.45) is 17.3 Å². The molecule has 1 aromatic rings. The van der Waals surface area contributed by atoms with E-state index >= 15 is 0 Å². The SMILES string of the molecule is CCCCCC1(CCCCC)OC2C=C(C(=O)NCCO)CC(OC(=O)c3ccccc3C=C3CCC4OC4(C)CCC4C3CC4(C)C)C2O1. The van der Waals surface area contributed by atoms with Crippen LogP contribution in [0.4, 0.5) is 0 Å². The molecule has 2 saturated heterocycles. The van der Waals surface area contributed by atoms with Crippen LogP contribution in [0.25, 0.3) is 6.08 Å². The molecule has 8 nitrogen and oxygen atoms in total. The lowest BCUT2D eigenvalue weighted by molar-refractivity contribution is -0.190. The van der Waals surface area contributed by atoms with E-state index in [9.17, 15) is 14.7 Å². The molecule has 6 rings (SSSR count). The van der Waals surface area contributed by atoms with E-state index in [2.05, 4.69) is 46.0 Å². The van der Waals surface area contributed by atoms with Crippen molar-refractivity contribution in [2.45, 2.75) is 160 Å². The molecule has 0 aromatic heterocycles. The van der Waals surface area contributed by atoms with Crippen molar-refractivity contribution in [2.75, 3.05) is 13.2 Å². The van der Waals surface area contributed by atoms with Crippen LogP contribution in [0.3, 0.4) is 0 Å². The third kappa shape index (κ3) is 8.09. The number of benzene rings is 1. The number of fused-ring (bicyclic) bond motifs is 3. The summed E-state index contributed by atoms with van der Waals surface area (Å²) >= 11 is 0. The summed E-state index contributed by atoms with van der Waals surface area (Å²) in [6.07, 6.45) is 16.2. The molecule has 0 bridgehead atoms. The lowest BCUT2D eigenvalue weighted by Gasteiger charge is -2.53. The molecule has 5 aliphatic rings. The summed E-state index contributed by atoms with van der Waals surface area (Å²) in [6.45, 7) is 11.4. The molecule has 0 spiro atoms. The lowest BCUT2D eigenvalue weighted by atomic mass is 9.52. The summed E-state index contributed by atoms with van der Waals surface area (Å²) in [7, 11) is 0. The zero-order valence-corrected chi connectivity index (χ0v) is 31.1. The maximum Gasteiger partial charge on any atom is 0.339 e. The number of epoxide rings is 1. The first kappa shape index (κ1) is 37.2. The fourth-order valence-corrected chi connectivity index (χ4v) is 9.30. The molecule has 276 valence electrons. The Morgan fingerprint density at radius 3 is 2.44 bits per heavy atom. The molecule has 3 aliphatic carbocycles. The van der Waals surface area contributed by atoms with E-state index in [0.717, 1.165) is 89.0 Å². The summed E-state index contributed by atoms with van der Waals surface area (Å²) in [6, 6.07) is 7.74. The highest BCUT2D eigenvalue weighted by Crippen LogP contribution is 2.60. The minimum Gasteiger partial charge on any atom is -0.456 e. The summed E-state index contributed by atoms with van der Waals surface area (Å²) < 4.78 is 26.1. The van der Waals surface area contributed by atoms with Gasteiger partial charge in [-0.15, -0.1) is 0 Å². The Kier molecular flexibility index (Phi) is 11.6. The Morgan fingerprint density at radius 2 is 1.74 bits per heavy atom. The number of hydrogen-bond donors (Lipinski definition) is 2. The maximum absolute atomic E-state index is 14.2. The van der Waals surface area contributed by atoms with Gasteiger partial charge >= 0.3 is 5.97 Å². The zero-order valence-electron chi connectivity index (χ0n) is 31.1. The standard InChI is InChI=1S/C42H61NO7/c1-6-8-12-19-42(20-13-9-7-2)48-35-26-30(38(45)43-22-23-44)25-34(37(35)50-42)47-39(46)31-15-11-10-14-28(31)24-29-16-17-36-41(5,49-36)21-18-33-32(29)27-40(33,3)4/h10-11,14-15,24,26,32-37,44H,6-9,12-13,16-23,25,27H2,1-5H3,(H,43,45). The van der Waals surface area contributed by atoms with E-state index in [-0.39, 0.29) is 31.1 Å². The first-order valence-electron chi connectivity index (χ1n) is 19.6. The van der Waals surface area contributed by atoms with Crippen LogP contribution in [0.2, 0.25) is 0 Å². The summed E-state index contributed by atoms with van der Waals surface area (Å²) in [5.74, 6) is -0.357. The van der Waals surface area contributed by atoms with Crippen LogP contribution in [0.1, 0.15) is 140 Å². The van der Waals surface area contributed by atoms with Gasteiger partial charge in [-0.05, 0) is 86.8 Å². The number of ether oxygens (including phenoxy) is 4. The van der Waals surface area contributed by atoms with Crippen LogP contribution in [-0.4, -0.2) is 65.9 Å². The quantitative estimate of drug-likeness (QED) is 0.115. The van der Waals surface area contributed by atoms with Crippen molar-refractivity contribution in [3.63, 3.8) is 0 Å². The van der Waals surface area contributed by atoms with Gasteiger partial charge in [0.2, 0.25) is 5.91 Å². The van der Waals surface area contributed by atoms with Crippen LogP contribution < -0.4 is 5.32 Å². The van der Waals surface area contributed by atoms with Crippen molar-refractivity contribution < 1.29 is 33.6 Å². The van der Waals surface area contributed by atoms with E-state index in [1.807, 2.05) is 30.3 Å². The number of carbonyl (C=O) groups excluding carboxylic acids is 2. The molecule has 2 aliphatic heterocycles. The van der Waals surface area contributed by atoms with Gasteiger partial charge < -0.3 is 29.4 Å².